The molecule has 1 aliphatic heterocycles. The summed E-state index contributed by atoms with van der Waals surface area (Å²) in [6.07, 6.45) is 8.70. The van der Waals surface area contributed by atoms with Gasteiger partial charge in [-0.25, -0.2) is 4.79 Å². The number of quaternary nitrogens is 1. The molecule has 2 aliphatic rings. The summed E-state index contributed by atoms with van der Waals surface area (Å²) < 4.78 is 6.65. The lowest BCUT2D eigenvalue weighted by atomic mass is 9.81. The summed E-state index contributed by atoms with van der Waals surface area (Å²) in [5, 5.41) is 11.1. The van der Waals surface area contributed by atoms with Gasteiger partial charge in [-0.1, -0.05) is 32.6 Å². The number of likely N-dealkylation sites (tertiary alicyclic amines) is 1. The van der Waals surface area contributed by atoms with Gasteiger partial charge in [0.1, 0.15) is 6.54 Å². The number of ether oxygens (including phenoxy) is 1. The molecule has 5 heteroatoms. The highest BCUT2D eigenvalue weighted by Gasteiger charge is 2.47. The summed E-state index contributed by atoms with van der Waals surface area (Å²) in [5.41, 5.74) is -1.24. The molecule has 2 rings (SSSR count). The second-order valence-electron chi connectivity index (χ2n) is 8.02. The van der Waals surface area contributed by atoms with Crippen molar-refractivity contribution in [2.75, 3.05) is 27.2 Å². The van der Waals surface area contributed by atoms with Gasteiger partial charge >= 0.3 is 5.97 Å². The third kappa shape index (κ3) is 5.43. The molecule has 1 aliphatic carbocycles. The van der Waals surface area contributed by atoms with E-state index < -0.39 is 5.60 Å². The number of esters is 1. The Morgan fingerprint density at radius 2 is 1.87 bits per heavy atom. The smallest absolute Gasteiger partial charge is 0.338 e. The number of unbranched alkanes of at least 4 members (excludes halogenated alkanes) is 2. The Balaban J connectivity index is 0.00000264. The number of carbonyl (C=O) groups is 1. The standard InChI is InChI=1S/C18H34NO3.BrH/c1-4-5-8-12-18(21,15-9-6-7-10-15)17(20)22-16-11-13-19(2,3)14-16;/h15-16,21H,4-14H2,1-3H3;1H/q+1;/p-1/t16-,18+;/m1./s1. The first kappa shape index (κ1) is 20.9. The van der Waals surface area contributed by atoms with Crippen LogP contribution in [0.1, 0.15) is 64.7 Å². The third-order valence-electron chi connectivity index (χ3n) is 5.57. The van der Waals surface area contributed by atoms with Crippen molar-refractivity contribution in [2.24, 2.45) is 5.92 Å². The lowest BCUT2D eigenvalue weighted by Crippen LogP contribution is -3.00. The molecule has 0 aromatic carbocycles. The lowest BCUT2D eigenvalue weighted by Gasteiger charge is -2.33. The van der Waals surface area contributed by atoms with Crippen molar-refractivity contribution in [3.8, 4) is 0 Å². The summed E-state index contributed by atoms with van der Waals surface area (Å²) >= 11 is 0. The fourth-order valence-electron chi connectivity index (χ4n) is 4.10. The second-order valence-corrected chi connectivity index (χ2v) is 8.02. The van der Waals surface area contributed by atoms with Crippen LogP contribution in [0, 0.1) is 5.92 Å². The van der Waals surface area contributed by atoms with E-state index in [0.717, 1.165) is 68.9 Å². The number of aliphatic hydroxyl groups is 1. The van der Waals surface area contributed by atoms with Crippen molar-refractivity contribution in [2.45, 2.75) is 76.4 Å². The van der Waals surface area contributed by atoms with E-state index in [1.807, 2.05) is 0 Å². The van der Waals surface area contributed by atoms with Gasteiger partial charge in [-0.3, -0.25) is 0 Å². The van der Waals surface area contributed by atoms with Crippen LogP contribution in [0.3, 0.4) is 0 Å². The number of carbonyl (C=O) groups excluding carboxylic acids is 1. The molecule has 2 atom stereocenters. The number of rotatable bonds is 7. The van der Waals surface area contributed by atoms with Gasteiger partial charge in [0.2, 0.25) is 0 Å². The van der Waals surface area contributed by atoms with E-state index in [0.29, 0.717) is 6.42 Å². The minimum Gasteiger partial charge on any atom is -1.00 e. The van der Waals surface area contributed by atoms with Crippen LogP contribution in [0.5, 0.6) is 0 Å². The quantitative estimate of drug-likeness (QED) is 0.374. The fraction of sp³-hybridized carbons (Fsp3) is 0.944. The van der Waals surface area contributed by atoms with E-state index in [1.54, 1.807) is 0 Å². The molecule has 4 nitrogen and oxygen atoms in total. The molecular formula is C18H34BrNO3. The lowest BCUT2D eigenvalue weighted by molar-refractivity contribution is -0.879. The van der Waals surface area contributed by atoms with Crippen LogP contribution in [-0.4, -0.2) is 54.4 Å². The number of hydrogen-bond donors (Lipinski definition) is 1. The number of nitrogens with zero attached hydrogens (tertiary/aromatic N) is 1. The van der Waals surface area contributed by atoms with Gasteiger partial charge in [0, 0.05) is 6.42 Å². The first-order valence-electron chi connectivity index (χ1n) is 9.13. The highest BCUT2D eigenvalue weighted by molar-refractivity contribution is 5.80. The van der Waals surface area contributed by atoms with Crippen LogP contribution in [0.15, 0.2) is 0 Å². The van der Waals surface area contributed by atoms with Crippen molar-refractivity contribution in [3.63, 3.8) is 0 Å². The monoisotopic (exact) mass is 391 g/mol. The Labute approximate surface area is 151 Å². The molecule has 0 radical (unpaired) electrons. The van der Waals surface area contributed by atoms with Crippen LogP contribution in [0.2, 0.25) is 0 Å². The van der Waals surface area contributed by atoms with E-state index in [4.69, 9.17) is 4.74 Å². The zero-order chi connectivity index (χ0) is 16.2. The van der Waals surface area contributed by atoms with Crippen molar-refractivity contribution >= 4 is 5.97 Å². The van der Waals surface area contributed by atoms with Gasteiger partial charge in [0.15, 0.2) is 11.7 Å². The maximum absolute atomic E-state index is 12.7. The SMILES string of the molecule is CCCCC[C@@](O)(C(=O)O[C@@H]1CC[N+](C)(C)C1)C1CCCC1.[Br-]. The van der Waals surface area contributed by atoms with E-state index >= 15 is 0 Å². The van der Waals surface area contributed by atoms with Gasteiger partial charge < -0.3 is 31.3 Å². The van der Waals surface area contributed by atoms with Gasteiger partial charge in [-0.05, 0) is 31.6 Å². The van der Waals surface area contributed by atoms with Crippen LogP contribution in [0.25, 0.3) is 0 Å². The first-order valence-corrected chi connectivity index (χ1v) is 9.13. The predicted octanol–water partition coefficient (Wildman–Crippen LogP) is -0.116. The van der Waals surface area contributed by atoms with Crippen molar-refractivity contribution < 1.29 is 36.1 Å². The highest BCUT2D eigenvalue weighted by Crippen LogP contribution is 2.38. The molecule has 1 heterocycles. The third-order valence-corrected chi connectivity index (χ3v) is 5.57. The normalized spacial score (nSPS) is 26.5. The Kier molecular flexibility index (Phi) is 8.02. The van der Waals surface area contributed by atoms with Crippen LogP contribution in [0.4, 0.5) is 0 Å². The molecule has 0 bridgehead atoms. The number of likely N-dealkylation sites (N-methyl/N-ethyl adjacent to an activating group) is 1. The van der Waals surface area contributed by atoms with Gasteiger partial charge in [0.25, 0.3) is 0 Å². The maximum Gasteiger partial charge on any atom is 0.338 e. The molecule has 0 aromatic heterocycles. The predicted molar refractivity (Wildman–Crippen MR) is 87.4 cm³/mol. The molecule has 2 fully saturated rings. The molecular weight excluding hydrogens is 358 g/mol. The minimum absolute atomic E-state index is 0. The topological polar surface area (TPSA) is 46.5 Å². The van der Waals surface area contributed by atoms with Crippen LogP contribution >= 0.6 is 0 Å². The molecule has 0 spiro atoms. The minimum atomic E-state index is -1.24. The van der Waals surface area contributed by atoms with Crippen LogP contribution in [-0.2, 0) is 9.53 Å². The zero-order valence-electron chi connectivity index (χ0n) is 15.0. The molecule has 23 heavy (non-hydrogen) atoms. The number of hydrogen-bond acceptors (Lipinski definition) is 3. The first-order chi connectivity index (χ1) is 10.4. The second kappa shape index (κ2) is 8.82. The maximum atomic E-state index is 12.7. The van der Waals surface area contributed by atoms with Crippen molar-refractivity contribution in [3.05, 3.63) is 0 Å². The molecule has 0 aromatic rings. The Morgan fingerprint density at radius 1 is 1.22 bits per heavy atom. The highest BCUT2D eigenvalue weighted by atomic mass is 79.9. The Morgan fingerprint density at radius 3 is 2.39 bits per heavy atom. The summed E-state index contributed by atoms with van der Waals surface area (Å²) in [6.45, 7) is 4.04. The fourth-order valence-corrected chi connectivity index (χ4v) is 4.10. The van der Waals surface area contributed by atoms with E-state index in [-0.39, 0.29) is 35.0 Å². The van der Waals surface area contributed by atoms with Gasteiger partial charge in [0.05, 0.1) is 20.6 Å². The van der Waals surface area contributed by atoms with Crippen molar-refractivity contribution in [1.29, 1.82) is 0 Å². The average Bonchev–Trinajstić information content (AvgIpc) is 3.09. The molecule has 136 valence electrons. The Bertz CT molecular complexity index is 382. The largest absolute Gasteiger partial charge is 1.00 e. The van der Waals surface area contributed by atoms with Crippen LogP contribution < -0.4 is 17.0 Å². The van der Waals surface area contributed by atoms with E-state index in [2.05, 4.69) is 21.0 Å². The molecule has 0 amide bonds. The van der Waals surface area contributed by atoms with E-state index in [9.17, 15) is 9.90 Å². The summed E-state index contributed by atoms with van der Waals surface area (Å²) in [4.78, 5) is 12.7. The molecule has 1 saturated heterocycles. The Hall–Kier alpha value is -0.130. The van der Waals surface area contributed by atoms with Gasteiger partial charge in [-0.15, -0.1) is 0 Å². The summed E-state index contributed by atoms with van der Waals surface area (Å²) in [5.74, 6) is -0.247. The molecule has 1 N–H and O–H groups in total. The molecule has 1 saturated carbocycles. The summed E-state index contributed by atoms with van der Waals surface area (Å²) in [7, 11) is 4.33. The number of halogens is 1. The zero-order valence-corrected chi connectivity index (χ0v) is 16.6. The average molecular weight is 392 g/mol. The van der Waals surface area contributed by atoms with Crippen molar-refractivity contribution in [1.82, 2.24) is 0 Å². The van der Waals surface area contributed by atoms with Gasteiger partial charge in [-0.2, -0.15) is 0 Å². The van der Waals surface area contributed by atoms with E-state index in [1.165, 1.54) is 0 Å². The molecule has 0 unspecified atom stereocenters. The summed E-state index contributed by atoms with van der Waals surface area (Å²) in [6, 6.07) is 0.